The van der Waals surface area contributed by atoms with Crippen LogP contribution in [0, 0.1) is 17.3 Å². The van der Waals surface area contributed by atoms with Crippen LogP contribution in [0.15, 0.2) is 18.2 Å². The lowest BCUT2D eigenvalue weighted by atomic mass is 9.77. The van der Waals surface area contributed by atoms with Crippen LogP contribution in [0.25, 0.3) is 0 Å². The van der Waals surface area contributed by atoms with Crippen LogP contribution < -0.4 is 10.1 Å². The van der Waals surface area contributed by atoms with Crippen molar-refractivity contribution in [3.8, 4) is 5.75 Å². The van der Waals surface area contributed by atoms with Gasteiger partial charge in [0.05, 0.1) is 0 Å². The zero-order valence-corrected chi connectivity index (χ0v) is 25.5. The van der Waals surface area contributed by atoms with E-state index in [-0.39, 0.29) is 35.7 Å². The van der Waals surface area contributed by atoms with E-state index in [4.69, 9.17) is 4.74 Å². The Hall–Kier alpha value is -2.94. The summed E-state index contributed by atoms with van der Waals surface area (Å²) < 4.78 is 6.64. The van der Waals surface area contributed by atoms with Crippen LogP contribution in [0.5, 0.6) is 5.75 Å². The lowest BCUT2D eigenvalue weighted by Gasteiger charge is -2.52. The van der Waals surface area contributed by atoms with E-state index >= 15 is 0 Å². The summed E-state index contributed by atoms with van der Waals surface area (Å²) in [6.45, 7) is 6.64. The number of likely N-dealkylation sites (tertiary alicyclic amines) is 2. The molecule has 3 atom stereocenters. The minimum Gasteiger partial charge on any atom is -0.489 e. The predicted octanol–water partition coefficient (Wildman–Crippen LogP) is 3.89. The van der Waals surface area contributed by atoms with Crippen LogP contribution in [0.3, 0.4) is 0 Å². The monoisotopic (exact) mass is 590 g/mol. The maximum atomic E-state index is 13.2. The van der Waals surface area contributed by atoms with E-state index < -0.39 is 6.04 Å². The highest BCUT2D eigenvalue weighted by Crippen LogP contribution is 2.42. The second kappa shape index (κ2) is 11.5. The lowest BCUT2D eigenvalue weighted by molar-refractivity contribution is -0.143. The summed E-state index contributed by atoms with van der Waals surface area (Å²) in [6, 6.07) is 5.51. The molecule has 4 amide bonds. The van der Waals surface area contributed by atoms with Crippen LogP contribution in [0.2, 0.25) is 0 Å². The Kier molecular flexibility index (Phi) is 7.72. The molecule has 1 aromatic carbocycles. The highest BCUT2D eigenvalue weighted by Gasteiger charge is 2.45. The Morgan fingerprint density at radius 3 is 2.42 bits per heavy atom. The van der Waals surface area contributed by atoms with Crippen molar-refractivity contribution in [1.29, 1.82) is 0 Å². The molecule has 9 nitrogen and oxygen atoms in total. The summed E-state index contributed by atoms with van der Waals surface area (Å²) in [4.78, 5) is 56.6. The fraction of sp³-hybridized carbons (Fsp3) is 0.706. The van der Waals surface area contributed by atoms with Crippen LogP contribution in [-0.2, 0) is 20.9 Å². The molecule has 2 aliphatic carbocycles. The number of rotatable bonds is 6. The third-order valence-electron chi connectivity index (χ3n) is 11.6. The summed E-state index contributed by atoms with van der Waals surface area (Å²) in [5.74, 6) is 1.81. The standard InChI is InChI=1S/C34H46N4O5/c1-34(14-4-5-15-34)33(42)36-16-12-22(13-17-36)24-19-37(20-24)27-6-2-3-7-29(27)43-25-8-9-26-23(18-25)21-38(32(26)41)28-10-11-30(39)35-31(28)40/h8-9,18,22,24,27-29H,2-7,10-17,19-21H2,1H3,(H,35,39,40)/t27-,28?,29-/m0/s1. The third-order valence-corrected chi connectivity index (χ3v) is 11.6. The molecular formula is C34H46N4O5. The molecular weight excluding hydrogens is 544 g/mol. The largest absolute Gasteiger partial charge is 0.489 e. The molecule has 43 heavy (non-hydrogen) atoms. The Balaban J connectivity index is 0.928. The van der Waals surface area contributed by atoms with Gasteiger partial charge in [0.2, 0.25) is 17.7 Å². The summed E-state index contributed by atoms with van der Waals surface area (Å²) in [6.07, 6.45) is 12.1. The molecule has 232 valence electrons. The van der Waals surface area contributed by atoms with Gasteiger partial charge in [-0.2, -0.15) is 0 Å². The van der Waals surface area contributed by atoms with Crippen LogP contribution in [0.1, 0.15) is 99.9 Å². The summed E-state index contributed by atoms with van der Waals surface area (Å²) in [7, 11) is 0. The number of benzene rings is 1. The molecule has 2 saturated carbocycles. The SMILES string of the molecule is CC1(C(=O)N2CCC(C3CN([C@H]4CCCC[C@@H]4Oc4ccc5c(c4)CN(C4CCC(=O)NC4=O)C5=O)C3)CC2)CCCC1. The predicted molar refractivity (Wildman–Crippen MR) is 160 cm³/mol. The molecule has 1 aromatic rings. The molecule has 0 radical (unpaired) electrons. The van der Waals surface area contributed by atoms with Gasteiger partial charge in [0.15, 0.2) is 0 Å². The van der Waals surface area contributed by atoms with E-state index in [0.29, 0.717) is 42.3 Å². The number of imide groups is 1. The molecule has 0 bridgehead atoms. The highest BCUT2D eigenvalue weighted by molar-refractivity contribution is 6.05. The van der Waals surface area contributed by atoms with E-state index in [9.17, 15) is 19.2 Å². The molecule has 9 heteroatoms. The van der Waals surface area contributed by atoms with Gasteiger partial charge in [-0.1, -0.05) is 26.2 Å². The third kappa shape index (κ3) is 5.47. The Bertz CT molecular complexity index is 1280. The molecule has 1 N–H and O–H groups in total. The van der Waals surface area contributed by atoms with Crippen LogP contribution in [-0.4, -0.2) is 82.7 Å². The zero-order chi connectivity index (χ0) is 29.7. The van der Waals surface area contributed by atoms with Crippen molar-refractivity contribution in [2.75, 3.05) is 26.2 Å². The smallest absolute Gasteiger partial charge is 0.255 e. The molecule has 0 aromatic heterocycles. The van der Waals surface area contributed by atoms with Crippen molar-refractivity contribution in [3.63, 3.8) is 0 Å². The van der Waals surface area contributed by atoms with E-state index in [2.05, 4.69) is 22.0 Å². The van der Waals surface area contributed by atoms with Crippen LogP contribution in [0.4, 0.5) is 0 Å². The number of ether oxygens (including phenoxy) is 1. The van der Waals surface area contributed by atoms with Crippen molar-refractivity contribution in [2.24, 2.45) is 17.3 Å². The molecule has 7 rings (SSSR count). The number of piperidine rings is 2. The maximum Gasteiger partial charge on any atom is 0.255 e. The average molecular weight is 591 g/mol. The quantitative estimate of drug-likeness (QED) is 0.505. The fourth-order valence-corrected chi connectivity index (χ4v) is 8.87. The number of carbonyl (C=O) groups excluding carboxylic acids is 4. The number of hydrogen-bond acceptors (Lipinski definition) is 6. The van der Waals surface area contributed by atoms with Gasteiger partial charge >= 0.3 is 0 Å². The molecule has 1 unspecified atom stereocenters. The molecule has 3 saturated heterocycles. The fourth-order valence-electron chi connectivity index (χ4n) is 8.87. The number of amides is 4. The first kappa shape index (κ1) is 28.8. The first-order valence-electron chi connectivity index (χ1n) is 16.8. The highest BCUT2D eigenvalue weighted by atomic mass is 16.5. The summed E-state index contributed by atoms with van der Waals surface area (Å²) >= 11 is 0. The molecule has 4 heterocycles. The van der Waals surface area contributed by atoms with Gasteiger partial charge in [-0.15, -0.1) is 0 Å². The van der Waals surface area contributed by atoms with Gasteiger partial charge in [-0.25, -0.2) is 0 Å². The lowest BCUT2D eigenvalue weighted by Crippen LogP contribution is -2.60. The normalized spacial score (nSPS) is 30.3. The van der Waals surface area contributed by atoms with E-state index in [1.54, 1.807) is 4.90 Å². The van der Waals surface area contributed by atoms with Crippen molar-refractivity contribution >= 4 is 23.6 Å². The number of hydrogen-bond donors (Lipinski definition) is 1. The van der Waals surface area contributed by atoms with Crippen molar-refractivity contribution < 1.29 is 23.9 Å². The van der Waals surface area contributed by atoms with Crippen LogP contribution >= 0.6 is 0 Å². The number of fused-ring (bicyclic) bond motifs is 1. The number of carbonyl (C=O) groups is 4. The molecule has 5 fully saturated rings. The number of nitrogens with one attached hydrogen (secondary N) is 1. The maximum absolute atomic E-state index is 13.2. The van der Waals surface area contributed by atoms with Gasteiger partial charge < -0.3 is 14.5 Å². The molecule has 0 spiro atoms. The molecule has 6 aliphatic rings. The Morgan fingerprint density at radius 2 is 1.67 bits per heavy atom. The van der Waals surface area contributed by atoms with E-state index in [1.807, 2.05) is 18.2 Å². The zero-order valence-electron chi connectivity index (χ0n) is 25.5. The van der Waals surface area contributed by atoms with E-state index in [0.717, 1.165) is 82.4 Å². The van der Waals surface area contributed by atoms with Crippen molar-refractivity contribution in [2.45, 2.75) is 109 Å². The Morgan fingerprint density at radius 1 is 0.930 bits per heavy atom. The van der Waals surface area contributed by atoms with Crippen molar-refractivity contribution in [1.82, 2.24) is 20.0 Å². The van der Waals surface area contributed by atoms with Gasteiger partial charge in [0.25, 0.3) is 5.91 Å². The minimum absolute atomic E-state index is 0.114. The Labute approximate surface area is 254 Å². The van der Waals surface area contributed by atoms with Gasteiger partial charge in [0, 0.05) is 56.2 Å². The van der Waals surface area contributed by atoms with Gasteiger partial charge in [-0.3, -0.25) is 29.4 Å². The summed E-state index contributed by atoms with van der Waals surface area (Å²) in [5, 5.41) is 2.37. The van der Waals surface area contributed by atoms with Crippen molar-refractivity contribution in [3.05, 3.63) is 29.3 Å². The second-order valence-electron chi connectivity index (χ2n) is 14.3. The number of nitrogens with zero attached hydrogens (tertiary/aromatic N) is 3. The first-order valence-corrected chi connectivity index (χ1v) is 16.8. The first-order chi connectivity index (χ1) is 20.8. The summed E-state index contributed by atoms with van der Waals surface area (Å²) in [5.41, 5.74) is 1.39. The second-order valence-corrected chi connectivity index (χ2v) is 14.3. The molecule has 4 aliphatic heterocycles. The minimum atomic E-state index is -0.604. The van der Waals surface area contributed by atoms with E-state index in [1.165, 1.54) is 19.3 Å². The van der Waals surface area contributed by atoms with Gasteiger partial charge in [-0.05, 0) is 87.0 Å². The van der Waals surface area contributed by atoms with Gasteiger partial charge in [0.1, 0.15) is 17.9 Å². The topological polar surface area (TPSA) is 99.3 Å². The average Bonchev–Trinajstić information content (AvgIpc) is 3.57.